The van der Waals surface area contributed by atoms with E-state index in [2.05, 4.69) is 66.9 Å². The number of aryl methyl sites for hydroxylation is 1. The van der Waals surface area contributed by atoms with Gasteiger partial charge in [-0.1, -0.05) is 32.1 Å². The summed E-state index contributed by atoms with van der Waals surface area (Å²) in [6, 6.07) is 6.59. The summed E-state index contributed by atoms with van der Waals surface area (Å²) in [6.45, 7) is 7.10. The summed E-state index contributed by atoms with van der Waals surface area (Å²) in [5.74, 6) is 0.784. The van der Waals surface area contributed by atoms with Crippen LogP contribution in [0.15, 0.2) is 18.2 Å². The number of rotatable bonds is 8. The van der Waals surface area contributed by atoms with Crippen molar-refractivity contribution in [1.82, 2.24) is 0 Å². The lowest BCUT2D eigenvalue weighted by atomic mass is 9.84. The van der Waals surface area contributed by atoms with Gasteiger partial charge in [-0.25, -0.2) is 0 Å². The van der Waals surface area contributed by atoms with Crippen LogP contribution in [0.4, 0.5) is 5.69 Å². The normalized spacial score (nSPS) is 18.6. The van der Waals surface area contributed by atoms with Crippen LogP contribution in [-0.4, -0.2) is 24.8 Å². The molecule has 24 heavy (non-hydrogen) atoms. The number of benzene rings is 1. The average Bonchev–Trinajstić information content (AvgIpc) is 2.53. The lowest BCUT2D eigenvalue weighted by Crippen LogP contribution is -2.44. The Kier molecular flexibility index (Phi) is 8.31. The van der Waals surface area contributed by atoms with Gasteiger partial charge in [-0.2, -0.15) is 0 Å². The molecule has 136 valence electrons. The second kappa shape index (κ2) is 9.97. The van der Waals surface area contributed by atoms with Gasteiger partial charge in [-0.05, 0) is 79.5 Å². The number of nitrogens with one attached hydrogen (secondary N) is 1. The predicted octanol–water partition coefficient (Wildman–Crippen LogP) is 5.10. The first-order valence-electron chi connectivity index (χ1n) is 9.36. The van der Waals surface area contributed by atoms with Crippen LogP contribution in [0, 0.1) is 16.4 Å². The minimum absolute atomic E-state index is 0.0607. The molecule has 0 bridgehead atoms. The zero-order chi connectivity index (χ0) is 17.5. The smallest absolute Gasteiger partial charge is 0.0901 e. The van der Waals surface area contributed by atoms with Gasteiger partial charge in [0.25, 0.3) is 0 Å². The summed E-state index contributed by atoms with van der Waals surface area (Å²) in [5.41, 5.74) is 9.01. The highest BCUT2D eigenvalue weighted by Crippen LogP contribution is 2.28. The van der Waals surface area contributed by atoms with Crippen LogP contribution in [0.2, 0.25) is 0 Å². The molecule has 0 aliphatic heterocycles. The first-order valence-corrected chi connectivity index (χ1v) is 10.4. The fraction of sp³-hybridized carbons (Fsp3) is 0.700. The van der Waals surface area contributed by atoms with E-state index in [1.165, 1.54) is 46.9 Å². The predicted molar refractivity (Wildman–Crippen MR) is 112 cm³/mol. The monoisotopic (exact) mass is 444 g/mol. The molecule has 2 rings (SSSR count). The number of ether oxygens (including phenoxy) is 1. The SMILES string of the molecule is Cc1cc(I)ccc1NCC(OC(C)C)[C@H](N)CC1CCCCC1. The van der Waals surface area contributed by atoms with E-state index in [4.69, 9.17) is 10.5 Å². The quantitative estimate of drug-likeness (QED) is 0.549. The fourth-order valence-electron chi connectivity index (χ4n) is 3.65. The van der Waals surface area contributed by atoms with Crippen LogP contribution in [0.3, 0.4) is 0 Å². The summed E-state index contributed by atoms with van der Waals surface area (Å²) in [7, 11) is 0. The molecule has 3 nitrogen and oxygen atoms in total. The van der Waals surface area contributed by atoms with Crippen molar-refractivity contribution >= 4 is 28.3 Å². The van der Waals surface area contributed by atoms with Gasteiger partial charge in [0.05, 0.1) is 12.2 Å². The van der Waals surface area contributed by atoms with Crippen LogP contribution in [0.5, 0.6) is 0 Å². The first kappa shape index (κ1) is 20.0. The van der Waals surface area contributed by atoms with E-state index in [1.807, 2.05) is 0 Å². The van der Waals surface area contributed by atoms with Crippen LogP contribution < -0.4 is 11.1 Å². The third kappa shape index (κ3) is 6.52. The minimum atomic E-state index is 0.0607. The van der Waals surface area contributed by atoms with Gasteiger partial charge in [-0.15, -0.1) is 0 Å². The third-order valence-electron chi connectivity index (χ3n) is 4.94. The van der Waals surface area contributed by atoms with Crippen molar-refractivity contribution in [3.05, 3.63) is 27.3 Å². The molecule has 1 aromatic rings. The molecule has 1 unspecified atom stereocenters. The Labute approximate surface area is 161 Å². The maximum atomic E-state index is 6.56. The van der Waals surface area contributed by atoms with Crippen molar-refractivity contribution in [2.45, 2.75) is 77.5 Å². The summed E-state index contributed by atoms with van der Waals surface area (Å²) in [5, 5.41) is 3.56. The Morgan fingerprint density at radius 2 is 1.96 bits per heavy atom. The summed E-state index contributed by atoms with van der Waals surface area (Å²) in [4.78, 5) is 0. The fourth-order valence-corrected chi connectivity index (χ4v) is 4.29. The third-order valence-corrected chi connectivity index (χ3v) is 5.61. The van der Waals surface area contributed by atoms with Gasteiger partial charge in [-0.3, -0.25) is 0 Å². The van der Waals surface area contributed by atoms with Crippen LogP contribution in [0.1, 0.15) is 57.9 Å². The molecule has 0 radical (unpaired) electrons. The first-order chi connectivity index (χ1) is 11.5. The summed E-state index contributed by atoms with van der Waals surface area (Å²) < 4.78 is 7.41. The lowest BCUT2D eigenvalue weighted by molar-refractivity contribution is -0.00390. The van der Waals surface area contributed by atoms with Crippen LogP contribution in [0.25, 0.3) is 0 Å². The summed E-state index contributed by atoms with van der Waals surface area (Å²) in [6.07, 6.45) is 8.16. The van der Waals surface area contributed by atoms with E-state index in [-0.39, 0.29) is 18.2 Å². The Balaban J connectivity index is 1.93. The Hall–Kier alpha value is -0.330. The van der Waals surface area contributed by atoms with Gasteiger partial charge < -0.3 is 15.8 Å². The standard InChI is InChI=1S/C20H33IN2O/c1-14(2)24-20(18(22)12-16-7-5-4-6-8-16)13-23-19-10-9-17(21)11-15(19)3/h9-11,14,16,18,20,23H,4-8,12-13,22H2,1-3H3/t18-,20?/m1/s1. The van der Waals surface area contributed by atoms with E-state index in [9.17, 15) is 0 Å². The van der Waals surface area contributed by atoms with Crippen LogP contribution in [-0.2, 0) is 4.74 Å². The van der Waals surface area contributed by atoms with Crippen molar-refractivity contribution in [2.24, 2.45) is 11.7 Å². The van der Waals surface area contributed by atoms with Gasteiger partial charge in [0.1, 0.15) is 0 Å². The zero-order valence-corrected chi connectivity index (χ0v) is 17.5. The molecule has 3 N–H and O–H groups in total. The van der Waals surface area contributed by atoms with E-state index in [0.29, 0.717) is 0 Å². The van der Waals surface area contributed by atoms with Crippen LogP contribution >= 0.6 is 22.6 Å². The molecule has 0 amide bonds. The maximum Gasteiger partial charge on any atom is 0.0901 e. The van der Waals surface area contributed by atoms with E-state index >= 15 is 0 Å². The zero-order valence-electron chi connectivity index (χ0n) is 15.4. The summed E-state index contributed by atoms with van der Waals surface area (Å²) >= 11 is 2.35. The van der Waals surface area contributed by atoms with Crippen molar-refractivity contribution in [3.63, 3.8) is 0 Å². The topological polar surface area (TPSA) is 47.3 Å². The number of hydrogen-bond acceptors (Lipinski definition) is 3. The average molecular weight is 444 g/mol. The van der Waals surface area contributed by atoms with Gasteiger partial charge in [0.2, 0.25) is 0 Å². The second-order valence-electron chi connectivity index (χ2n) is 7.47. The van der Waals surface area contributed by atoms with Crippen molar-refractivity contribution < 1.29 is 4.74 Å². The minimum Gasteiger partial charge on any atom is -0.382 e. The molecule has 2 atom stereocenters. The Morgan fingerprint density at radius 1 is 1.25 bits per heavy atom. The van der Waals surface area contributed by atoms with Gasteiger partial charge >= 0.3 is 0 Å². The molecule has 1 aliphatic rings. The van der Waals surface area contributed by atoms with Crippen molar-refractivity contribution in [3.8, 4) is 0 Å². The number of hydrogen-bond donors (Lipinski definition) is 2. The second-order valence-corrected chi connectivity index (χ2v) is 8.71. The molecule has 1 saturated carbocycles. The molecular formula is C20H33IN2O. The maximum absolute atomic E-state index is 6.56. The largest absolute Gasteiger partial charge is 0.382 e. The molecule has 1 fully saturated rings. The molecule has 0 saturated heterocycles. The molecule has 0 spiro atoms. The number of nitrogens with two attached hydrogens (primary N) is 1. The lowest BCUT2D eigenvalue weighted by Gasteiger charge is -2.31. The molecule has 4 heteroatoms. The molecular weight excluding hydrogens is 411 g/mol. The van der Waals surface area contributed by atoms with Crippen molar-refractivity contribution in [2.75, 3.05) is 11.9 Å². The molecule has 0 aromatic heterocycles. The molecule has 1 aliphatic carbocycles. The highest BCUT2D eigenvalue weighted by molar-refractivity contribution is 14.1. The number of halogens is 1. The van der Waals surface area contributed by atoms with E-state index in [0.717, 1.165) is 18.9 Å². The molecule has 0 heterocycles. The van der Waals surface area contributed by atoms with Gasteiger partial charge in [0, 0.05) is 21.8 Å². The van der Waals surface area contributed by atoms with Gasteiger partial charge in [0.15, 0.2) is 0 Å². The highest BCUT2D eigenvalue weighted by Gasteiger charge is 2.24. The van der Waals surface area contributed by atoms with E-state index in [1.54, 1.807) is 0 Å². The number of anilines is 1. The Morgan fingerprint density at radius 3 is 2.58 bits per heavy atom. The Bertz CT molecular complexity index is 500. The van der Waals surface area contributed by atoms with E-state index < -0.39 is 0 Å². The highest BCUT2D eigenvalue weighted by atomic mass is 127. The molecule has 1 aromatic carbocycles. The van der Waals surface area contributed by atoms with Crippen molar-refractivity contribution in [1.29, 1.82) is 0 Å².